The van der Waals surface area contributed by atoms with Gasteiger partial charge >= 0.3 is 0 Å². The number of hydrogen-bond donors (Lipinski definition) is 3. The van der Waals surface area contributed by atoms with E-state index >= 15 is 0 Å². The highest BCUT2D eigenvalue weighted by atomic mass is 17.2. The van der Waals surface area contributed by atoms with Crippen molar-refractivity contribution in [1.29, 1.82) is 0 Å². The number of rotatable bonds is 9. The van der Waals surface area contributed by atoms with Crippen LogP contribution in [-0.2, 0) is 14.5 Å². The Labute approximate surface area is 194 Å². The molecule has 1 fully saturated rings. The monoisotopic (exact) mass is 477 g/mol. The molecule has 3 aromatic rings. The van der Waals surface area contributed by atoms with E-state index in [1.807, 2.05) is 0 Å². The number of hydrogen-bond acceptors (Lipinski definition) is 12. The number of nitrogen functional groups attached to an aromatic ring is 1. The van der Waals surface area contributed by atoms with Gasteiger partial charge < -0.3 is 34.9 Å². The van der Waals surface area contributed by atoms with E-state index in [0.717, 1.165) is 0 Å². The molecule has 2 aromatic heterocycles. The van der Waals surface area contributed by atoms with Gasteiger partial charge in [0.05, 0.1) is 34.3 Å². The summed E-state index contributed by atoms with van der Waals surface area (Å²) in [5, 5.41) is 21.0. The highest BCUT2D eigenvalue weighted by Crippen LogP contribution is 2.41. The number of aromatic nitrogens is 4. The molecule has 13 heteroatoms. The second-order valence-corrected chi connectivity index (χ2v) is 7.41. The van der Waals surface area contributed by atoms with E-state index in [0.29, 0.717) is 40.6 Å². The number of anilines is 1. The molecule has 0 bridgehead atoms. The minimum Gasteiger partial charge on any atom is -0.493 e. The first-order chi connectivity index (χ1) is 16.4. The SMILES string of the molecule is CCOOC[C@H]1O[C@@H](n2cnc3c(N)nc(-c4cc(OC)c(OC)c(OC)c4)nc32)[C@H](O)[C@@H]1O. The van der Waals surface area contributed by atoms with Crippen LogP contribution >= 0.6 is 0 Å². The highest BCUT2D eigenvalue weighted by molar-refractivity contribution is 5.84. The molecule has 0 amide bonds. The average Bonchev–Trinajstić information content (AvgIpc) is 3.39. The van der Waals surface area contributed by atoms with Crippen molar-refractivity contribution in [3.63, 3.8) is 0 Å². The molecular weight excluding hydrogens is 450 g/mol. The van der Waals surface area contributed by atoms with Crippen LogP contribution < -0.4 is 19.9 Å². The maximum absolute atomic E-state index is 10.6. The number of aliphatic hydroxyl groups excluding tert-OH is 2. The van der Waals surface area contributed by atoms with Crippen molar-refractivity contribution in [2.45, 2.75) is 31.5 Å². The fraction of sp³-hybridized carbons (Fsp3) is 0.476. The lowest BCUT2D eigenvalue weighted by atomic mass is 10.1. The third-order valence-electron chi connectivity index (χ3n) is 5.42. The number of nitrogens with two attached hydrogens (primary N) is 1. The second-order valence-electron chi connectivity index (χ2n) is 7.41. The molecule has 1 aliphatic rings. The molecule has 0 radical (unpaired) electrons. The van der Waals surface area contributed by atoms with Gasteiger partial charge in [0.15, 0.2) is 35.0 Å². The van der Waals surface area contributed by atoms with Crippen molar-refractivity contribution in [3.05, 3.63) is 18.5 Å². The number of nitrogens with zero attached hydrogens (tertiary/aromatic N) is 4. The van der Waals surface area contributed by atoms with Gasteiger partial charge in [-0.15, -0.1) is 0 Å². The van der Waals surface area contributed by atoms with Crippen molar-refractivity contribution in [1.82, 2.24) is 19.5 Å². The van der Waals surface area contributed by atoms with Crippen LogP contribution in [0.2, 0.25) is 0 Å². The number of methoxy groups -OCH3 is 3. The van der Waals surface area contributed by atoms with Crippen LogP contribution in [0.25, 0.3) is 22.6 Å². The summed E-state index contributed by atoms with van der Waals surface area (Å²) in [5.41, 5.74) is 7.34. The largest absolute Gasteiger partial charge is 0.493 e. The molecule has 1 saturated heterocycles. The van der Waals surface area contributed by atoms with Crippen LogP contribution in [0.5, 0.6) is 17.2 Å². The molecule has 1 aromatic carbocycles. The Kier molecular flexibility index (Phi) is 7.00. The lowest BCUT2D eigenvalue weighted by Gasteiger charge is -2.17. The van der Waals surface area contributed by atoms with Crippen LogP contribution in [0.3, 0.4) is 0 Å². The summed E-state index contributed by atoms with van der Waals surface area (Å²) in [6.45, 7) is 2.03. The number of aliphatic hydroxyl groups is 2. The molecule has 4 rings (SSSR count). The van der Waals surface area contributed by atoms with Crippen molar-refractivity contribution in [3.8, 4) is 28.6 Å². The van der Waals surface area contributed by atoms with Gasteiger partial charge in [0.1, 0.15) is 30.4 Å². The van der Waals surface area contributed by atoms with E-state index in [4.69, 9.17) is 34.5 Å². The summed E-state index contributed by atoms with van der Waals surface area (Å²) >= 11 is 0. The summed E-state index contributed by atoms with van der Waals surface area (Å²) in [4.78, 5) is 23.1. The van der Waals surface area contributed by atoms with Crippen molar-refractivity contribution in [2.24, 2.45) is 0 Å². The Morgan fingerprint density at radius 3 is 2.35 bits per heavy atom. The van der Waals surface area contributed by atoms with Gasteiger partial charge in [-0.3, -0.25) is 4.57 Å². The van der Waals surface area contributed by atoms with Crippen molar-refractivity contribution in [2.75, 3.05) is 40.3 Å². The van der Waals surface area contributed by atoms with Crippen LogP contribution in [0.4, 0.5) is 5.82 Å². The van der Waals surface area contributed by atoms with Gasteiger partial charge in [0.25, 0.3) is 0 Å². The van der Waals surface area contributed by atoms with Gasteiger partial charge in [-0.05, 0) is 19.1 Å². The number of ether oxygens (including phenoxy) is 4. The van der Waals surface area contributed by atoms with Crippen molar-refractivity contribution >= 4 is 17.0 Å². The smallest absolute Gasteiger partial charge is 0.203 e. The molecule has 0 unspecified atom stereocenters. The van der Waals surface area contributed by atoms with E-state index in [-0.39, 0.29) is 18.2 Å². The minimum absolute atomic E-state index is 0.0665. The van der Waals surface area contributed by atoms with E-state index in [1.165, 1.54) is 32.2 Å². The molecule has 4 N–H and O–H groups in total. The predicted octanol–water partition coefficient (Wildman–Crippen LogP) is 0.689. The first-order valence-electron chi connectivity index (χ1n) is 10.5. The number of imidazole rings is 1. The van der Waals surface area contributed by atoms with E-state index in [9.17, 15) is 10.2 Å². The lowest BCUT2D eigenvalue weighted by molar-refractivity contribution is -0.306. The quantitative estimate of drug-likeness (QED) is 0.225. The fourth-order valence-electron chi connectivity index (χ4n) is 3.76. The molecular formula is C21H27N5O8. The normalized spacial score (nSPS) is 22.3. The van der Waals surface area contributed by atoms with E-state index in [1.54, 1.807) is 19.1 Å². The molecule has 1 aliphatic heterocycles. The van der Waals surface area contributed by atoms with Gasteiger partial charge in [-0.25, -0.2) is 24.7 Å². The van der Waals surface area contributed by atoms with Gasteiger partial charge in [-0.2, -0.15) is 0 Å². The molecule has 34 heavy (non-hydrogen) atoms. The third-order valence-corrected chi connectivity index (χ3v) is 5.42. The summed E-state index contributed by atoms with van der Waals surface area (Å²) in [5.74, 6) is 1.64. The standard InChI is InChI=1S/C21H27N5O8/c1-5-32-33-8-13-15(27)16(28)21(34-13)26-9-23-14-18(22)24-19(25-20(14)26)10-6-11(29-2)17(31-4)12(7-10)30-3/h6-7,9,13,15-16,21,27-28H,5,8H2,1-4H3,(H2,22,24,25)/t13-,15-,16-,21-/m1/s1. The summed E-state index contributed by atoms with van der Waals surface area (Å²) in [6, 6.07) is 3.38. The molecule has 0 spiro atoms. The third kappa shape index (κ3) is 4.19. The van der Waals surface area contributed by atoms with Gasteiger partial charge in [0, 0.05) is 5.56 Å². The Bertz CT molecular complexity index is 1130. The van der Waals surface area contributed by atoms with E-state index in [2.05, 4.69) is 15.0 Å². The van der Waals surface area contributed by atoms with E-state index < -0.39 is 24.5 Å². The number of fused-ring (bicyclic) bond motifs is 1. The minimum atomic E-state index is -1.27. The first-order valence-corrected chi connectivity index (χ1v) is 10.5. The maximum Gasteiger partial charge on any atom is 0.203 e. The van der Waals surface area contributed by atoms with Crippen LogP contribution in [0.1, 0.15) is 13.2 Å². The van der Waals surface area contributed by atoms with Crippen LogP contribution in [0.15, 0.2) is 18.5 Å². The van der Waals surface area contributed by atoms with Gasteiger partial charge in [-0.1, -0.05) is 0 Å². The Morgan fingerprint density at radius 1 is 1.03 bits per heavy atom. The fourth-order valence-corrected chi connectivity index (χ4v) is 3.76. The van der Waals surface area contributed by atoms with Crippen molar-refractivity contribution < 1.29 is 38.9 Å². The summed E-state index contributed by atoms with van der Waals surface area (Å²) in [7, 11) is 4.52. The Hall–Kier alpha value is -3.23. The number of benzene rings is 1. The summed E-state index contributed by atoms with van der Waals surface area (Å²) < 4.78 is 23.5. The Balaban J connectivity index is 1.74. The zero-order chi connectivity index (χ0) is 24.4. The zero-order valence-electron chi connectivity index (χ0n) is 19.2. The molecule has 4 atom stereocenters. The molecule has 184 valence electrons. The topological polar surface area (TPSA) is 165 Å². The maximum atomic E-state index is 10.6. The molecule has 0 saturated carbocycles. The van der Waals surface area contributed by atoms with Gasteiger partial charge in [0.2, 0.25) is 5.75 Å². The summed E-state index contributed by atoms with van der Waals surface area (Å²) in [6.07, 6.45) is -2.87. The molecule has 0 aliphatic carbocycles. The Morgan fingerprint density at radius 2 is 1.74 bits per heavy atom. The average molecular weight is 477 g/mol. The molecule has 3 heterocycles. The zero-order valence-corrected chi connectivity index (χ0v) is 19.2. The second kappa shape index (κ2) is 9.95. The lowest BCUT2D eigenvalue weighted by Crippen LogP contribution is -2.33. The van der Waals surface area contributed by atoms with Crippen LogP contribution in [0, 0.1) is 0 Å². The molecule has 13 nitrogen and oxygen atoms in total. The van der Waals surface area contributed by atoms with Crippen LogP contribution in [-0.4, -0.2) is 82.6 Å². The first kappa shape index (κ1) is 23.9. The highest BCUT2D eigenvalue weighted by Gasteiger charge is 2.44. The predicted molar refractivity (Wildman–Crippen MR) is 118 cm³/mol.